The van der Waals surface area contributed by atoms with Crippen molar-refractivity contribution in [2.75, 3.05) is 13.1 Å². The van der Waals surface area contributed by atoms with Crippen LogP contribution in [0.3, 0.4) is 0 Å². The number of rotatable bonds is 12. The molecule has 0 aliphatic heterocycles. The van der Waals surface area contributed by atoms with Crippen LogP contribution in [0.1, 0.15) is 73.0 Å². The van der Waals surface area contributed by atoms with Crippen LogP contribution in [0, 0.1) is 5.21 Å². The molecule has 0 saturated carbocycles. The van der Waals surface area contributed by atoms with Crippen molar-refractivity contribution in [2.45, 2.75) is 52.7 Å². The van der Waals surface area contributed by atoms with Crippen LogP contribution in [0.2, 0.25) is 5.15 Å². The minimum absolute atomic E-state index is 0.0130. The van der Waals surface area contributed by atoms with E-state index in [1.165, 1.54) is 12.1 Å². The number of carbonyl (C=O) groups excluding carboxylic acids is 1. The average Bonchev–Trinajstić information content (AvgIpc) is 3.69. The van der Waals surface area contributed by atoms with Gasteiger partial charge in [0, 0.05) is 43.8 Å². The maximum absolute atomic E-state index is 13.5. The van der Waals surface area contributed by atoms with Crippen LogP contribution in [-0.4, -0.2) is 59.2 Å². The molecule has 12 heteroatoms. The monoisotopic (exact) mass is 614 g/mol. The number of nitrogens with one attached hydrogen (secondary N) is 1. The molecule has 0 saturated heterocycles. The van der Waals surface area contributed by atoms with Gasteiger partial charge in [0.2, 0.25) is 5.69 Å². The predicted molar refractivity (Wildman–Crippen MR) is 167 cm³/mol. The highest BCUT2D eigenvalue weighted by atomic mass is 35.5. The summed E-state index contributed by atoms with van der Waals surface area (Å²) in [6.07, 6.45) is 0.989. The number of tetrazole rings is 1. The minimum atomic E-state index is -1.44. The van der Waals surface area contributed by atoms with Crippen molar-refractivity contribution in [3.05, 3.63) is 106 Å². The maximum atomic E-state index is 13.5. The second-order valence-corrected chi connectivity index (χ2v) is 10.8. The minimum Gasteiger partial charge on any atom is -0.618 e. The third-order valence-corrected chi connectivity index (χ3v) is 7.97. The molecule has 228 valence electrons. The summed E-state index contributed by atoms with van der Waals surface area (Å²) in [5, 5.41) is 39.8. The van der Waals surface area contributed by atoms with E-state index >= 15 is 0 Å². The highest BCUT2D eigenvalue weighted by Gasteiger charge is 2.32. The van der Waals surface area contributed by atoms with Crippen molar-refractivity contribution >= 4 is 17.5 Å². The molecule has 3 aromatic heterocycles. The summed E-state index contributed by atoms with van der Waals surface area (Å²) in [6, 6.07) is 20.5. The number of imidazole rings is 1. The number of unbranched alkanes of at least 4 members (excludes halogenated alkanes) is 1. The van der Waals surface area contributed by atoms with E-state index in [2.05, 4.69) is 32.5 Å². The number of amides is 1. The first-order chi connectivity index (χ1) is 21.4. The van der Waals surface area contributed by atoms with Gasteiger partial charge >= 0.3 is 5.91 Å². The van der Waals surface area contributed by atoms with E-state index in [1.807, 2.05) is 66.9 Å². The number of aliphatic hydroxyl groups excluding tert-OH is 1. The number of hydrogen-bond donors (Lipinski definition) is 2. The fraction of sp³-hybridized carbons (Fsp3) is 0.312. The number of H-pyrrole nitrogens is 1. The first-order valence-electron chi connectivity index (χ1n) is 14.7. The zero-order chi connectivity index (χ0) is 31.2. The molecule has 11 nitrogen and oxygen atoms in total. The molecule has 3 heterocycles. The van der Waals surface area contributed by atoms with Gasteiger partial charge in [0.15, 0.2) is 17.1 Å². The third-order valence-electron chi connectivity index (χ3n) is 7.69. The van der Waals surface area contributed by atoms with Crippen LogP contribution in [0.4, 0.5) is 0 Å². The van der Waals surface area contributed by atoms with Crippen molar-refractivity contribution in [1.29, 1.82) is 0 Å². The number of aliphatic hydroxyl groups is 1. The Labute approximate surface area is 260 Å². The first-order valence-corrected chi connectivity index (χ1v) is 15.1. The lowest BCUT2D eigenvalue weighted by atomic mass is 9.97. The number of pyridine rings is 1. The van der Waals surface area contributed by atoms with E-state index < -0.39 is 12.0 Å². The van der Waals surface area contributed by atoms with Crippen molar-refractivity contribution in [3.63, 3.8) is 0 Å². The number of halogens is 1. The molecule has 0 aliphatic rings. The first kappa shape index (κ1) is 30.8. The van der Waals surface area contributed by atoms with Gasteiger partial charge in [-0.15, -0.1) is 5.10 Å². The van der Waals surface area contributed by atoms with Crippen molar-refractivity contribution in [3.8, 4) is 22.5 Å². The van der Waals surface area contributed by atoms with E-state index in [9.17, 15) is 15.1 Å². The molecule has 0 spiro atoms. The summed E-state index contributed by atoms with van der Waals surface area (Å²) in [5.74, 6) is 0.798. The zero-order valence-electron chi connectivity index (χ0n) is 24.9. The molecule has 44 heavy (non-hydrogen) atoms. The lowest BCUT2D eigenvalue weighted by Gasteiger charge is -2.20. The molecule has 5 aromatic rings. The van der Waals surface area contributed by atoms with Crippen LogP contribution in [0.5, 0.6) is 0 Å². The van der Waals surface area contributed by atoms with Gasteiger partial charge < -0.3 is 19.8 Å². The van der Waals surface area contributed by atoms with E-state index in [1.54, 1.807) is 11.0 Å². The fourth-order valence-electron chi connectivity index (χ4n) is 5.34. The van der Waals surface area contributed by atoms with Gasteiger partial charge in [0.1, 0.15) is 5.82 Å². The lowest BCUT2D eigenvalue weighted by molar-refractivity contribution is -0.620. The lowest BCUT2D eigenvalue weighted by Crippen LogP contribution is -2.45. The van der Waals surface area contributed by atoms with Crippen molar-refractivity contribution < 1.29 is 14.6 Å². The molecule has 2 aromatic carbocycles. The topological polar surface area (TPSA) is 140 Å². The maximum Gasteiger partial charge on any atom is 0.319 e. The Morgan fingerprint density at radius 1 is 1.07 bits per heavy atom. The number of aromatic nitrogens is 7. The largest absolute Gasteiger partial charge is 0.618 e. The van der Waals surface area contributed by atoms with Crippen molar-refractivity contribution in [2.24, 2.45) is 0 Å². The Hall–Kier alpha value is -4.61. The quantitative estimate of drug-likeness (QED) is 0.149. The molecule has 0 bridgehead atoms. The average molecular weight is 615 g/mol. The van der Waals surface area contributed by atoms with E-state index in [4.69, 9.17) is 11.6 Å². The smallest absolute Gasteiger partial charge is 0.319 e. The van der Waals surface area contributed by atoms with Gasteiger partial charge in [-0.05, 0) is 59.5 Å². The molecule has 2 N–H and O–H groups in total. The van der Waals surface area contributed by atoms with E-state index in [0.717, 1.165) is 35.1 Å². The van der Waals surface area contributed by atoms with Gasteiger partial charge in [-0.3, -0.25) is 4.79 Å². The number of aromatic amines is 1. The van der Waals surface area contributed by atoms with Crippen LogP contribution in [0.25, 0.3) is 22.5 Å². The second kappa shape index (κ2) is 13.8. The van der Waals surface area contributed by atoms with E-state index in [0.29, 0.717) is 42.4 Å². The van der Waals surface area contributed by atoms with Crippen LogP contribution < -0.4 is 4.73 Å². The van der Waals surface area contributed by atoms with Gasteiger partial charge in [-0.2, -0.15) is 4.73 Å². The van der Waals surface area contributed by atoms with Gasteiger partial charge in [0.05, 0.1) is 5.69 Å². The molecule has 1 amide bonds. The van der Waals surface area contributed by atoms with Crippen LogP contribution >= 0.6 is 11.6 Å². The van der Waals surface area contributed by atoms with Crippen LogP contribution in [0.15, 0.2) is 66.7 Å². The SMILES string of the molecule is CCCCc1nc(Cl)c(C(O)c2cccc(C(=O)N(CC)CC)[n+]2[O-])n1Cc1ccc(-c2ccccc2)c(-c2nnn[nH]2)c1. The molecule has 0 fully saturated rings. The number of hydrogen-bond acceptors (Lipinski definition) is 7. The summed E-state index contributed by atoms with van der Waals surface area (Å²) in [4.78, 5) is 19.2. The molecule has 1 unspecified atom stereocenters. The molecular formula is C32H35ClN8O3. The summed E-state index contributed by atoms with van der Waals surface area (Å²) >= 11 is 6.70. The van der Waals surface area contributed by atoms with Gasteiger partial charge in [0.25, 0.3) is 5.69 Å². The summed E-state index contributed by atoms with van der Waals surface area (Å²) in [5.41, 5.74) is 3.85. The predicted octanol–water partition coefficient (Wildman–Crippen LogP) is 4.97. The normalized spacial score (nSPS) is 11.9. The molecule has 0 radical (unpaired) electrons. The summed E-state index contributed by atoms with van der Waals surface area (Å²) in [7, 11) is 0. The van der Waals surface area contributed by atoms with Gasteiger partial charge in [-0.1, -0.05) is 67.4 Å². The van der Waals surface area contributed by atoms with Gasteiger partial charge in [-0.25, -0.2) is 10.1 Å². The van der Waals surface area contributed by atoms with E-state index in [-0.39, 0.29) is 22.2 Å². The summed E-state index contributed by atoms with van der Waals surface area (Å²) in [6.45, 7) is 7.01. The standard InChI is InChI=1S/C32H35ClN8O3/c1-4-7-16-27-34-30(33)28(29(42)25-14-11-15-26(41(25)44)32(43)39(5-2)6-3)40(27)20-21-17-18-23(22-12-9-8-10-13-22)24(19-21)31-35-37-38-36-31/h8-15,17-19,29,42H,4-7,16,20H2,1-3H3,(H,35,36,37,38). The molecule has 1 atom stereocenters. The number of nitrogens with zero attached hydrogens (tertiary/aromatic N) is 7. The Morgan fingerprint density at radius 2 is 1.84 bits per heavy atom. The Morgan fingerprint density at radius 3 is 2.52 bits per heavy atom. The molecule has 0 aliphatic carbocycles. The second-order valence-electron chi connectivity index (χ2n) is 10.4. The Kier molecular flexibility index (Phi) is 9.66. The van der Waals surface area contributed by atoms with Crippen molar-refractivity contribution in [1.82, 2.24) is 35.1 Å². The van der Waals surface area contributed by atoms with Crippen LogP contribution in [-0.2, 0) is 13.0 Å². The zero-order valence-corrected chi connectivity index (χ0v) is 25.7. The fourth-order valence-corrected chi connectivity index (χ4v) is 5.64. The molecular weight excluding hydrogens is 580 g/mol. The third kappa shape index (κ3) is 6.20. The molecule has 5 rings (SSSR count). The number of aryl methyl sites for hydroxylation is 1. The highest BCUT2D eigenvalue weighted by molar-refractivity contribution is 6.30. The number of carbonyl (C=O) groups is 1. The Bertz CT molecular complexity index is 1720. The summed E-state index contributed by atoms with van der Waals surface area (Å²) < 4.78 is 2.36. The number of benzene rings is 2. The highest BCUT2D eigenvalue weighted by Crippen LogP contribution is 2.33. The Balaban J connectivity index is 1.58.